The second-order valence-corrected chi connectivity index (χ2v) is 10.1. The maximum atomic E-state index is 12.0. The molecular weight excluding hydrogens is 414 g/mol. The van der Waals surface area contributed by atoms with Gasteiger partial charge < -0.3 is 27.0 Å². The Balaban J connectivity index is 1.36. The lowest BCUT2D eigenvalue weighted by atomic mass is 10.0. The fraction of sp³-hybridized carbons (Fsp3) is 0.864. The summed E-state index contributed by atoms with van der Waals surface area (Å²) in [6, 6.07) is 0.694. The van der Waals surface area contributed by atoms with Crippen molar-refractivity contribution in [1.82, 2.24) is 21.3 Å². The van der Waals surface area contributed by atoms with Gasteiger partial charge in [0.25, 0.3) is 0 Å². The molecule has 0 aromatic carbocycles. The zero-order valence-corrected chi connectivity index (χ0v) is 19.7. The predicted molar refractivity (Wildman–Crippen MR) is 126 cm³/mol. The van der Waals surface area contributed by atoms with Gasteiger partial charge in [-0.05, 0) is 45.4 Å². The third-order valence-corrected chi connectivity index (χ3v) is 7.40. The minimum Gasteiger partial charge on any atom is -0.356 e. The van der Waals surface area contributed by atoms with E-state index in [2.05, 4.69) is 21.3 Å². The molecule has 0 aromatic heterocycles. The molecule has 0 spiro atoms. The first-order valence-electron chi connectivity index (χ1n) is 11.9. The maximum absolute atomic E-state index is 12.0. The Morgan fingerprint density at radius 3 is 2.32 bits per heavy atom. The number of nitrogens with two attached hydrogens (primary N) is 1. The number of hydrogen-bond acceptors (Lipinski definition) is 5. The Morgan fingerprint density at radius 1 is 1.00 bits per heavy atom. The first-order valence-corrected chi connectivity index (χ1v) is 13.0. The first-order chi connectivity index (χ1) is 15.0. The standard InChI is InChI=1S/C22H41N5O3S/c1-16(23)9-6-8-14-25-19(28)11-3-2-7-13-24-20(29)12-5-4-10-18-21-17(15-31-18)26-22(30)27-21/h16-18,21H,2-15,23H2,1H3,(H,24,29)(H,25,28)(H2,26,27,30)/t16-,17+,18-,21+/m1/s1. The van der Waals surface area contributed by atoms with E-state index in [0.717, 1.165) is 70.1 Å². The van der Waals surface area contributed by atoms with E-state index < -0.39 is 0 Å². The van der Waals surface area contributed by atoms with Gasteiger partial charge in [0.15, 0.2) is 0 Å². The lowest BCUT2D eigenvalue weighted by molar-refractivity contribution is -0.122. The molecule has 0 saturated carbocycles. The first kappa shape index (κ1) is 25.8. The van der Waals surface area contributed by atoms with Crippen molar-refractivity contribution in [2.24, 2.45) is 5.73 Å². The third kappa shape index (κ3) is 10.6. The summed E-state index contributed by atoms with van der Waals surface area (Å²) in [6.07, 6.45) is 9.77. The molecule has 0 bridgehead atoms. The number of hydrogen-bond donors (Lipinski definition) is 5. The van der Waals surface area contributed by atoms with Crippen LogP contribution in [0.5, 0.6) is 0 Å². The van der Waals surface area contributed by atoms with Crippen molar-refractivity contribution < 1.29 is 14.4 Å². The van der Waals surface area contributed by atoms with Crippen molar-refractivity contribution >= 4 is 29.6 Å². The van der Waals surface area contributed by atoms with Crippen LogP contribution in [0, 0.1) is 0 Å². The summed E-state index contributed by atoms with van der Waals surface area (Å²) in [4.78, 5) is 35.1. The summed E-state index contributed by atoms with van der Waals surface area (Å²) in [5.41, 5.74) is 5.70. The molecule has 0 aliphatic carbocycles. The quantitative estimate of drug-likeness (QED) is 0.180. The number of carbonyl (C=O) groups excluding carboxylic acids is 3. The predicted octanol–water partition coefficient (Wildman–Crippen LogP) is 2.02. The number of urea groups is 1. The number of amides is 4. The molecule has 2 rings (SSSR count). The van der Waals surface area contributed by atoms with E-state index in [1.165, 1.54) is 0 Å². The summed E-state index contributed by atoms with van der Waals surface area (Å²) in [7, 11) is 0. The molecular formula is C22H41N5O3S. The molecule has 4 amide bonds. The number of fused-ring (bicyclic) bond motifs is 1. The van der Waals surface area contributed by atoms with Crippen LogP contribution in [0.2, 0.25) is 0 Å². The van der Waals surface area contributed by atoms with Crippen LogP contribution in [0.4, 0.5) is 4.79 Å². The van der Waals surface area contributed by atoms with Gasteiger partial charge in [-0.25, -0.2) is 4.79 Å². The van der Waals surface area contributed by atoms with E-state index in [1.54, 1.807) is 0 Å². The number of nitrogens with one attached hydrogen (secondary N) is 4. The van der Waals surface area contributed by atoms with Crippen molar-refractivity contribution in [3.05, 3.63) is 0 Å². The van der Waals surface area contributed by atoms with Crippen LogP contribution in [0.3, 0.4) is 0 Å². The molecule has 6 N–H and O–H groups in total. The number of thioether (sulfide) groups is 1. The molecule has 0 unspecified atom stereocenters. The molecule has 178 valence electrons. The van der Waals surface area contributed by atoms with E-state index in [9.17, 15) is 14.4 Å². The number of carbonyl (C=O) groups is 3. The van der Waals surface area contributed by atoms with Gasteiger partial charge in [-0.2, -0.15) is 11.8 Å². The van der Waals surface area contributed by atoms with Crippen LogP contribution < -0.4 is 27.0 Å². The molecule has 2 heterocycles. The van der Waals surface area contributed by atoms with Crippen molar-refractivity contribution in [2.75, 3.05) is 18.8 Å². The summed E-state index contributed by atoms with van der Waals surface area (Å²) < 4.78 is 0. The highest BCUT2D eigenvalue weighted by atomic mass is 32.2. The van der Waals surface area contributed by atoms with Crippen molar-refractivity contribution in [2.45, 2.75) is 101 Å². The van der Waals surface area contributed by atoms with Gasteiger partial charge in [0.05, 0.1) is 12.1 Å². The highest BCUT2D eigenvalue weighted by Gasteiger charge is 2.42. The molecule has 2 aliphatic heterocycles. The summed E-state index contributed by atoms with van der Waals surface area (Å²) in [5.74, 6) is 1.20. The van der Waals surface area contributed by atoms with Crippen LogP contribution in [0.25, 0.3) is 0 Å². The fourth-order valence-electron chi connectivity index (χ4n) is 4.09. The second-order valence-electron chi connectivity index (χ2n) is 8.85. The highest BCUT2D eigenvalue weighted by molar-refractivity contribution is 8.00. The van der Waals surface area contributed by atoms with Gasteiger partial charge in [-0.3, -0.25) is 9.59 Å². The third-order valence-electron chi connectivity index (χ3n) is 5.89. The molecule has 2 saturated heterocycles. The largest absolute Gasteiger partial charge is 0.356 e. The molecule has 0 aromatic rings. The monoisotopic (exact) mass is 455 g/mol. The SMILES string of the molecule is C[C@@H](N)CCCCNC(=O)CCCCCNC(=O)CCCC[C@H]1SC[C@@H]2NC(=O)N[C@@H]21. The molecule has 0 radical (unpaired) electrons. The van der Waals surface area contributed by atoms with Crippen molar-refractivity contribution in [1.29, 1.82) is 0 Å². The molecule has 2 fully saturated rings. The zero-order chi connectivity index (χ0) is 22.5. The molecule has 4 atom stereocenters. The summed E-state index contributed by atoms with van der Waals surface area (Å²) in [6.45, 7) is 3.41. The van der Waals surface area contributed by atoms with Gasteiger partial charge in [0.2, 0.25) is 11.8 Å². The van der Waals surface area contributed by atoms with Gasteiger partial charge >= 0.3 is 6.03 Å². The van der Waals surface area contributed by atoms with E-state index in [0.29, 0.717) is 24.6 Å². The Kier molecular flexibility index (Phi) is 12.1. The Morgan fingerprint density at radius 2 is 1.65 bits per heavy atom. The zero-order valence-electron chi connectivity index (χ0n) is 18.9. The summed E-state index contributed by atoms with van der Waals surface area (Å²) in [5, 5.41) is 12.3. The number of unbranched alkanes of at least 4 members (excludes halogenated alkanes) is 4. The van der Waals surface area contributed by atoms with Gasteiger partial charge in [-0.1, -0.05) is 19.3 Å². The molecule has 8 nitrogen and oxygen atoms in total. The normalized spacial score (nSPS) is 23.0. The van der Waals surface area contributed by atoms with E-state index in [1.807, 2.05) is 18.7 Å². The van der Waals surface area contributed by atoms with Gasteiger partial charge in [-0.15, -0.1) is 0 Å². The van der Waals surface area contributed by atoms with Crippen LogP contribution in [0.15, 0.2) is 0 Å². The maximum Gasteiger partial charge on any atom is 0.315 e. The average Bonchev–Trinajstić information content (AvgIpc) is 3.26. The van der Waals surface area contributed by atoms with E-state index in [4.69, 9.17) is 5.73 Å². The lowest BCUT2D eigenvalue weighted by Crippen LogP contribution is -2.36. The van der Waals surface area contributed by atoms with E-state index >= 15 is 0 Å². The van der Waals surface area contributed by atoms with Crippen LogP contribution in [-0.4, -0.2) is 60.1 Å². The van der Waals surface area contributed by atoms with Gasteiger partial charge in [0.1, 0.15) is 0 Å². The van der Waals surface area contributed by atoms with Crippen LogP contribution in [0.1, 0.15) is 77.6 Å². The topological polar surface area (TPSA) is 125 Å². The number of rotatable bonds is 16. The fourth-order valence-corrected chi connectivity index (χ4v) is 5.63. The minimum atomic E-state index is -0.0478. The Labute approximate surface area is 191 Å². The second kappa shape index (κ2) is 14.6. The van der Waals surface area contributed by atoms with Crippen molar-refractivity contribution in [3.63, 3.8) is 0 Å². The minimum absolute atomic E-state index is 0.0478. The Hall–Kier alpha value is -1.48. The Bertz CT molecular complexity index is 575. The molecule has 31 heavy (non-hydrogen) atoms. The van der Waals surface area contributed by atoms with Gasteiger partial charge in [0, 0.05) is 43.0 Å². The smallest absolute Gasteiger partial charge is 0.315 e. The van der Waals surface area contributed by atoms with Crippen LogP contribution >= 0.6 is 11.8 Å². The van der Waals surface area contributed by atoms with Crippen LogP contribution in [-0.2, 0) is 9.59 Å². The lowest BCUT2D eigenvalue weighted by Gasteiger charge is -2.16. The molecule has 9 heteroatoms. The van der Waals surface area contributed by atoms with Crippen molar-refractivity contribution in [3.8, 4) is 0 Å². The average molecular weight is 456 g/mol. The molecule has 2 aliphatic rings. The highest BCUT2D eigenvalue weighted by Crippen LogP contribution is 2.33. The summed E-state index contributed by atoms with van der Waals surface area (Å²) >= 11 is 1.92. The van der Waals surface area contributed by atoms with E-state index in [-0.39, 0.29) is 36.0 Å².